The zero-order valence-electron chi connectivity index (χ0n) is 16.2. The predicted octanol–water partition coefficient (Wildman–Crippen LogP) is 1.54. The van der Waals surface area contributed by atoms with Crippen LogP contribution in [0, 0.1) is 5.92 Å². The van der Waals surface area contributed by atoms with Crippen LogP contribution in [0.4, 0.5) is 0 Å². The van der Waals surface area contributed by atoms with Crippen molar-refractivity contribution in [2.45, 2.75) is 39.7 Å². The van der Waals surface area contributed by atoms with E-state index in [1.54, 1.807) is 6.07 Å². The highest BCUT2D eigenvalue weighted by molar-refractivity contribution is 5.92. The minimum absolute atomic E-state index is 0.157. The fourth-order valence-corrected chi connectivity index (χ4v) is 2.78. The average Bonchev–Trinajstić information content (AvgIpc) is 2.66. The molecule has 1 aliphatic rings. The molecule has 1 aliphatic heterocycles. The first kappa shape index (κ1) is 20.7. The van der Waals surface area contributed by atoms with Gasteiger partial charge < -0.3 is 19.7 Å². The Morgan fingerprint density at radius 3 is 2.81 bits per heavy atom. The first-order valence-electron chi connectivity index (χ1n) is 9.35. The topological polar surface area (TPSA) is 84.9 Å². The van der Waals surface area contributed by atoms with E-state index < -0.39 is 12.0 Å². The Hall–Kier alpha value is -2.57. The third-order valence-corrected chi connectivity index (χ3v) is 4.26. The molecule has 1 N–H and O–H groups in total. The van der Waals surface area contributed by atoms with Crippen molar-refractivity contribution in [3.8, 4) is 5.75 Å². The molecule has 1 atom stereocenters. The summed E-state index contributed by atoms with van der Waals surface area (Å²) < 4.78 is 10.7. The standard InChI is InChI=1S/C20H28N2O5/c1-4-15-6-5-7-16(10-15)26-13-18(23)22-9-8-21-20(25)17(22)11-19(24)27-12-14(2)3/h5-7,10,14,17H,4,8-9,11-13H2,1-3H3,(H,21,25). The van der Waals surface area contributed by atoms with Gasteiger partial charge >= 0.3 is 5.97 Å². The lowest BCUT2D eigenvalue weighted by molar-refractivity contribution is -0.153. The SMILES string of the molecule is CCc1cccc(OCC(=O)N2CCNC(=O)C2CC(=O)OCC(C)C)c1. The molecule has 2 amide bonds. The summed E-state index contributed by atoms with van der Waals surface area (Å²) in [6.07, 6.45) is 0.716. The molecule has 1 aromatic rings. The third-order valence-electron chi connectivity index (χ3n) is 4.26. The minimum Gasteiger partial charge on any atom is -0.484 e. The van der Waals surface area contributed by atoms with Crippen LogP contribution in [0.3, 0.4) is 0 Å². The van der Waals surface area contributed by atoms with E-state index in [-0.39, 0.29) is 37.4 Å². The summed E-state index contributed by atoms with van der Waals surface area (Å²) >= 11 is 0. The van der Waals surface area contributed by atoms with Gasteiger partial charge in [-0.3, -0.25) is 14.4 Å². The van der Waals surface area contributed by atoms with Gasteiger partial charge in [-0.05, 0) is 30.0 Å². The fourth-order valence-electron chi connectivity index (χ4n) is 2.78. The molecule has 7 nitrogen and oxygen atoms in total. The molecule has 1 aromatic carbocycles. The van der Waals surface area contributed by atoms with Gasteiger partial charge in [0.15, 0.2) is 6.61 Å². The number of rotatable bonds is 8. The van der Waals surface area contributed by atoms with Gasteiger partial charge in [-0.25, -0.2) is 0 Å². The highest BCUT2D eigenvalue weighted by Gasteiger charge is 2.35. The number of carbonyl (C=O) groups is 3. The summed E-state index contributed by atoms with van der Waals surface area (Å²) in [4.78, 5) is 38.2. The molecular weight excluding hydrogens is 348 g/mol. The molecule has 1 saturated heterocycles. The number of hydrogen-bond acceptors (Lipinski definition) is 5. The van der Waals surface area contributed by atoms with E-state index in [0.29, 0.717) is 18.8 Å². The molecule has 0 bridgehead atoms. The van der Waals surface area contributed by atoms with Crippen molar-refractivity contribution in [2.75, 3.05) is 26.3 Å². The van der Waals surface area contributed by atoms with Crippen molar-refractivity contribution < 1.29 is 23.9 Å². The summed E-state index contributed by atoms with van der Waals surface area (Å²) in [6.45, 7) is 6.71. The number of benzene rings is 1. The minimum atomic E-state index is -0.864. The molecule has 1 fully saturated rings. The van der Waals surface area contributed by atoms with E-state index in [1.165, 1.54) is 4.90 Å². The zero-order valence-corrected chi connectivity index (χ0v) is 16.2. The normalized spacial score (nSPS) is 16.8. The van der Waals surface area contributed by atoms with Gasteiger partial charge in [0.1, 0.15) is 11.8 Å². The van der Waals surface area contributed by atoms with Crippen LogP contribution in [0.15, 0.2) is 24.3 Å². The third kappa shape index (κ3) is 6.27. The lowest BCUT2D eigenvalue weighted by Gasteiger charge is -2.34. The Balaban J connectivity index is 1.96. The van der Waals surface area contributed by atoms with Gasteiger partial charge in [0, 0.05) is 13.1 Å². The van der Waals surface area contributed by atoms with Crippen molar-refractivity contribution >= 4 is 17.8 Å². The van der Waals surface area contributed by atoms with Crippen molar-refractivity contribution in [2.24, 2.45) is 5.92 Å². The largest absolute Gasteiger partial charge is 0.484 e. The Labute approximate surface area is 160 Å². The number of amides is 2. The first-order valence-corrected chi connectivity index (χ1v) is 9.35. The quantitative estimate of drug-likeness (QED) is 0.696. The summed E-state index contributed by atoms with van der Waals surface area (Å²) in [5, 5.41) is 2.69. The van der Waals surface area contributed by atoms with Crippen molar-refractivity contribution in [1.29, 1.82) is 0 Å². The van der Waals surface area contributed by atoms with Gasteiger partial charge in [-0.2, -0.15) is 0 Å². The van der Waals surface area contributed by atoms with Crippen molar-refractivity contribution in [3.63, 3.8) is 0 Å². The molecule has 1 unspecified atom stereocenters. The number of nitrogens with zero attached hydrogens (tertiary/aromatic N) is 1. The summed E-state index contributed by atoms with van der Waals surface area (Å²) in [5.41, 5.74) is 1.11. The predicted molar refractivity (Wildman–Crippen MR) is 100 cm³/mol. The second-order valence-corrected chi connectivity index (χ2v) is 6.96. The highest BCUT2D eigenvalue weighted by Crippen LogP contribution is 2.15. The second-order valence-electron chi connectivity index (χ2n) is 6.96. The maximum Gasteiger partial charge on any atom is 0.308 e. The highest BCUT2D eigenvalue weighted by atomic mass is 16.5. The fraction of sp³-hybridized carbons (Fsp3) is 0.550. The molecular formula is C20H28N2O5. The maximum absolute atomic E-state index is 12.6. The zero-order chi connectivity index (χ0) is 19.8. The van der Waals surface area contributed by atoms with Crippen LogP contribution >= 0.6 is 0 Å². The molecule has 0 spiro atoms. The molecule has 2 rings (SSSR count). The van der Waals surface area contributed by atoms with Gasteiger partial charge in [0.25, 0.3) is 5.91 Å². The van der Waals surface area contributed by atoms with Gasteiger partial charge in [0.2, 0.25) is 5.91 Å². The number of esters is 1. The number of aryl methyl sites for hydroxylation is 1. The summed E-state index contributed by atoms with van der Waals surface area (Å²) in [5.74, 6) is -0.339. The smallest absolute Gasteiger partial charge is 0.308 e. The number of ether oxygens (including phenoxy) is 2. The second kappa shape index (κ2) is 9.94. The van der Waals surface area contributed by atoms with E-state index in [4.69, 9.17) is 9.47 Å². The van der Waals surface area contributed by atoms with E-state index in [9.17, 15) is 14.4 Å². The van der Waals surface area contributed by atoms with Crippen LogP contribution in [-0.4, -0.2) is 55.0 Å². The number of nitrogens with one attached hydrogen (secondary N) is 1. The van der Waals surface area contributed by atoms with Gasteiger partial charge in [-0.1, -0.05) is 32.9 Å². The van der Waals surface area contributed by atoms with E-state index in [0.717, 1.165) is 12.0 Å². The molecule has 7 heteroatoms. The lowest BCUT2D eigenvalue weighted by Crippen LogP contribution is -2.58. The molecule has 148 valence electrons. The molecule has 0 aliphatic carbocycles. The monoisotopic (exact) mass is 376 g/mol. The van der Waals surface area contributed by atoms with Gasteiger partial charge in [0.05, 0.1) is 13.0 Å². The van der Waals surface area contributed by atoms with E-state index >= 15 is 0 Å². The van der Waals surface area contributed by atoms with E-state index in [1.807, 2.05) is 39.0 Å². The van der Waals surface area contributed by atoms with Crippen LogP contribution < -0.4 is 10.1 Å². The van der Waals surface area contributed by atoms with Crippen LogP contribution in [0.1, 0.15) is 32.8 Å². The Morgan fingerprint density at radius 1 is 1.33 bits per heavy atom. The van der Waals surface area contributed by atoms with Crippen LogP contribution in [-0.2, 0) is 25.5 Å². The van der Waals surface area contributed by atoms with Crippen molar-refractivity contribution in [1.82, 2.24) is 10.2 Å². The summed E-state index contributed by atoms with van der Waals surface area (Å²) in [7, 11) is 0. The van der Waals surface area contributed by atoms with E-state index in [2.05, 4.69) is 5.32 Å². The molecule has 27 heavy (non-hydrogen) atoms. The molecule has 0 saturated carbocycles. The average molecular weight is 376 g/mol. The van der Waals surface area contributed by atoms with Crippen LogP contribution in [0.5, 0.6) is 5.75 Å². The lowest BCUT2D eigenvalue weighted by atomic mass is 10.1. The number of piperazine rings is 1. The Morgan fingerprint density at radius 2 is 2.11 bits per heavy atom. The van der Waals surface area contributed by atoms with Gasteiger partial charge in [-0.15, -0.1) is 0 Å². The van der Waals surface area contributed by atoms with Crippen LogP contribution in [0.2, 0.25) is 0 Å². The first-order chi connectivity index (χ1) is 12.9. The molecule has 1 heterocycles. The number of carbonyl (C=O) groups excluding carboxylic acids is 3. The number of hydrogen-bond donors (Lipinski definition) is 1. The Bertz CT molecular complexity index is 674. The maximum atomic E-state index is 12.6. The molecule has 0 aromatic heterocycles. The molecule has 0 radical (unpaired) electrons. The summed E-state index contributed by atoms with van der Waals surface area (Å²) in [6, 6.07) is 6.67. The Kier molecular flexibility index (Phi) is 7.64. The van der Waals surface area contributed by atoms with Crippen LogP contribution in [0.25, 0.3) is 0 Å². The van der Waals surface area contributed by atoms with Crippen molar-refractivity contribution in [3.05, 3.63) is 29.8 Å².